The van der Waals surface area contributed by atoms with Gasteiger partial charge in [-0.2, -0.15) is 0 Å². The molecule has 6 heteroatoms. The average molecular weight is 332 g/mol. The molecule has 1 aliphatic rings. The Kier molecular flexibility index (Phi) is 7.21. The minimum absolute atomic E-state index is 0.000573. The largest absolute Gasteiger partial charge is 0.353 e. The highest BCUT2D eigenvalue weighted by atomic mass is 16.2. The summed E-state index contributed by atoms with van der Waals surface area (Å²) in [4.78, 5) is 26.0. The zero-order valence-corrected chi connectivity index (χ0v) is 14.3. The van der Waals surface area contributed by atoms with E-state index in [1.807, 2.05) is 37.3 Å². The van der Waals surface area contributed by atoms with E-state index in [1.165, 1.54) is 0 Å². The predicted octanol–water partition coefficient (Wildman–Crippen LogP) is 1.33. The Balaban J connectivity index is 1.65. The van der Waals surface area contributed by atoms with Crippen LogP contribution >= 0.6 is 0 Å². The molecule has 1 fully saturated rings. The van der Waals surface area contributed by atoms with E-state index in [9.17, 15) is 9.59 Å². The van der Waals surface area contributed by atoms with E-state index in [2.05, 4.69) is 15.5 Å². The van der Waals surface area contributed by atoms with Gasteiger partial charge >= 0.3 is 0 Å². The summed E-state index contributed by atoms with van der Waals surface area (Å²) in [5.41, 5.74) is 6.49. The number of benzene rings is 1. The third-order valence-electron chi connectivity index (χ3n) is 4.20. The van der Waals surface area contributed by atoms with Crippen molar-refractivity contribution >= 4 is 17.5 Å². The Morgan fingerprint density at radius 2 is 1.88 bits per heavy atom. The van der Waals surface area contributed by atoms with Crippen molar-refractivity contribution in [3.8, 4) is 0 Å². The highest BCUT2D eigenvalue weighted by molar-refractivity contribution is 5.92. The number of para-hydroxylation sites is 1. The number of nitrogens with one attached hydrogen (secondary N) is 2. The molecule has 6 nitrogen and oxygen atoms in total. The maximum Gasteiger partial charge on any atom is 0.238 e. The first-order valence-electron chi connectivity index (χ1n) is 8.65. The van der Waals surface area contributed by atoms with E-state index in [1.54, 1.807) is 0 Å². The van der Waals surface area contributed by atoms with Gasteiger partial charge < -0.3 is 16.4 Å². The molecule has 2 amide bonds. The average Bonchev–Trinajstić information content (AvgIpc) is 2.55. The van der Waals surface area contributed by atoms with E-state index in [4.69, 9.17) is 5.73 Å². The molecule has 0 saturated carbocycles. The molecule has 1 saturated heterocycles. The van der Waals surface area contributed by atoms with Gasteiger partial charge in [0, 0.05) is 37.3 Å². The molecule has 1 atom stereocenters. The van der Waals surface area contributed by atoms with Crippen LogP contribution in [0.1, 0.15) is 32.6 Å². The zero-order valence-electron chi connectivity index (χ0n) is 14.3. The number of piperidine rings is 1. The molecule has 0 radical (unpaired) electrons. The van der Waals surface area contributed by atoms with Crippen molar-refractivity contribution in [3.63, 3.8) is 0 Å². The van der Waals surface area contributed by atoms with Crippen molar-refractivity contribution in [2.24, 2.45) is 5.73 Å². The lowest BCUT2D eigenvalue weighted by Crippen LogP contribution is -2.46. The SMILES string of the molecule is CC(N)CCC(=O)NC1CCN(CC(=O)Nc2ccccc2)CC1. The molecule has 0 aliphatic carbocycles. The van der Waals surface area contributed by atoms with Crippen molar-refractivity contribution in [2.45, 2.75) is 44.7 Å². The third-order valence-corrected chi connectivity index (χ3v) is 4.20. The topological polar surface area (TPSA) is 87.5 Å². The van der Waals surface area contributed by atoms with E-state index in [0.29, 0.717) is 19.4 Å². The summed E-state index contributed by atoms with van der Waals surface area (Å²) in [6.45, 7) is 3.94. The molecule has 1 heterocycles. The molecule has 0 bridgehead atoms. The second kappa shape index (κ2) is 9.39. The number of amides is 2. The fourth-order valence-corrected chi connectivity index (χ4v) is 2.82. The Labute approximate surface area is 143 Å². The number of hydrogen-bond donors (Lipinski definition) is 3. The van der Waals surface area contributed by atoms with Crippen LogP contribution in [0.4, 0.5) is 5.69 Å². The van der Waals surface area contributed by atoms with E-state index in [0.717, 1.165) is 31.6 Å². The molecular weight excluding hydrogens is 304 g/mol. The van der Waals surface area contributed by atoms with E-state index >= 15 is 0 Å². The van der Waals surface area contributed by atoms with Gasteiger partial charge in [0.15, 0.2) is 0 Å². The summed E-state index contributed by atoms with van der Waals surface area (Å²) in [6, 6.07) is 9.73. The second-order valence-electron chi connectivity index (χ2n) is 6.55. The Hall–Kier alpha value is -1.92. The van der Waals surface area contributed by atoms with Crippen molar-refractivity contribution in [1.82, 2.24) is 10.2 Å². The summed E-state index contributed by atoms with van der Waals surface area (Å²) >= 11 is 0. The quantitative estimate of drug-likeness (QED) is 0.703. The molecule has 1 unspecified atom stereocenters. The summed E-state index contributed by atoms with van der Waals surface area (Å²) in [6.07, 6.45) is 2.95. The normalized spacial score (nSPS) is 17.2. The van der Waals surface area contributed by atoms with Crippen molar-refractivity contribution in [3.05, 3.63) is 30.3 Å². The van der Waals surface area contributed by atoms with Gasteiger partial charge in [0.25, 0.3) is 0 Å². The maximum atomic E-state index is 12.1. The molecule has 1 aromatic rings. The predicted molar refractivity (Wildman–Crippen MR) is 95.6 cm³/mol. The lowest BCUT2D eigenvalue weighted by Gasteiger charge is -2.31. The molecule has 4 N–H and O–H groups in total. The number of nitrogens with two attached hydrogens (primary N) is 1. The monoisotopic (exact) mass is 332 g/mol. The van der Waals surface area contributed by atoms with Gasteiger partial charge in [-0.3, -0.25) is 14.5 Å². The van der Waals surface area contributed by atoms with Gasteiger partial charge in [0.05, 0.1) is 6.54 Å². The van der Waals surface area contributed by atoms with Gasteiger partial charge in [0.2, 0.25) is 11.8 Å². The zero-order chi connectivity index (χ0) is 17.4. The van der Waals surface area contributed by atoms with Crippen LogP contribution in [0.5, 0.6) is 0 Å². The number of likely N-dealkylation sites (tertiary alicyclic amines) is 1. The van der Waals surface area contributed by atoms with Gasteiger partial charge in [0.1, 0.15) is 0 Å². The van der Waals surface area contributed by atoms with E-state index in [-0.39, 0.29) is 23.9 Å². The third kappa shape index (κ3) is 6.68. The number of rotatable bonds is 7. The standard InChI is InChI=1S/C18H28N4O2/c1-14(19)7-8-17(23)20-16-9-11-22(12-10-16)13-18(24)21-15-5-3-2-4-6-15/h2-6,14,16H,7-13,19H2,1H3,(H,20,23)(H,21,24). The Morgan fingerprint density at radius 1 is 1.21 bits per heavy atom. The maximum absolute atomic E-state index is 12.1. The van der Waals surface area contributed by atoms with Crippen molar-refractivity contribution in [1.29, 1.82) is 0 Å². The minimum atomic E-state index is 0.000573. The lowest BCUT2D eigenvalue weighted by atomic mass is 10.0. The molecular formula is C18H28N4O2. The van der Waals surface area contributed by atoms with E-state index < -0.39 is 0 Å². The number of carbonyl (C=O) groups is 2. The van der Waals surface area contributed by atoms with Crippen LogP contribution in [-0.2, 0) is 9.59 Å². The first-order chi connectivity index (χ1) is 11.5. The van der Waals surface area contributed by atoms with Crippen molar-refractivity contribution < 1.29 is 9.59 Å². The first-order valence-corrected chi connectivity index (χ1v) is 8.65. The molecule has 1 aliphatic heterocycles. The van der Waals surface area contributed by atoms with Gasteiger partial charge in [-0.05, 0) is 38.3 Å². The van der Waals surface area contributed by atoms with Crippen LogP contribution < -0.4 is 16.4 Å². The van der Waals surface area contributed by atoms with Crippen LogP contribution in [0.3, 0.4) is 0 Å². The molecule has 24 heavy (non-hydrogen) atoms. The smallest absolute Gasteiger partial charge is 0.238 e. The summed E-state index contributed by atoms with van der Waals surface area (Å²) < 4.78 is 0. The lowest BCUT2D eigenvalue weighted by molar-refractivity contribution is -0.122. The summed E-state index contributed by atoms with van der Waals surface area (Å²) in [5, 5.41) is 5.96. The number of anilines is 1. The fraction of sp³-hybridized carbons (Fsp3) is 0.556. The highest BCUT2D eigenvalue weighted by Gasteiger charge is 2.22. The molecule has 132 valence electrons. The van der Waals surface area contributed by atoms with Crippen LogP contribution in [0.15, 0.2) is 30.3 Å². The summed E-state index contributed by atoms with van der Waals surface area (Å²) in [7, 11) is 0. The number of nitrogens with zero attached hydrogens (tertiary/aromatic N) is 1. The highest BCUT2D eigenvalue weighted by Crippen LogP contribution is 2.11. The first kappa shape index (κ1) is 18.4. The molecule has 0 aromatic heterocycles. The Morgan fingerprint density at radius 3 is 2.50 bits per heavy atom. The van der Waals surface area contributed by atoms with Crippen LogP contribution in [0, 0.1) is 0 Å². The number of hydrogen-bond acceptors (Lipinski definition) is 4. The molecule has 2 rings (SSSR count). The van der Waals surface area contributed by atoms with Crippen molar-refractivity contribution in [2.75, 3.05) is 25.0 Å². The van der Waals surface area contributed by atoms with Gasteiger partial charge in [-0.25, -0.2) is 0 Å². The van der Waals surface area contributed by atoms with Crippen LogP contribution in [-0.4, -0.2) is 48.4 Å². The fourth-order valence-electron chi connectivity index (χ4n) is 2.82. The van der Waals surface area contributed by atoms with Crippen LogP contribution in [0.2, 0.25) is 0 Å². The molecule has 1 aromatic carbocycles. The summed E-state index contributed by atoms with van der Waals surface area (Å²) in [5.74, 6) is 0.0770. The Bertz CT molecular complexity index is 525. The molecule has 0 spiro atoms. The number of carbonyl (C=O) groups excluding carboxylic acids is 2. The van der Waals surface area contributed by atoms with Crippen LogP contribution in [0.25, 0.3) is 0 Å². The van der Waals surface area contributed by atoms with Gasteiger partial charge in [-0.1, -0.05) is 18.2 Å². The van der Waals surface area contributed by atoms with Gasteiger partial charge in [-0.15, -0.1) is 0 Å². The second-order valence-corrected chi connectivity index (χ2v) is 6.55. The minimum Gasteiger partial charge on any atom is -0.353 e.